The Morgan fingerprint density at radius 3 is 1.81 bits per heavy atom. The number of thiol groups is 1. The number of unbranched alkanes of at least 4 members (excludes halogenated alkanes) is 12. The molecule has 0 aliphatic carbocycles. The van der Waals surface area contributed by atoms with E-state index >= 15 is 0 Å². The summed E-state index contributed by atoms with van der Waals surface area (Å²) in [6.07, 6.45) is 19.3. The minimum Gasteiger partial charge on any atom is -0.393 e. The van der Waals surface area contributed by atoms with Crippen LogP contribution in [-0.4, -0.2) is 23.1 Å². The number of aliphatic hydroxyl groups excluding tert-OH is 1. The van der Waals surface area contributed by atoms with Crippen LogP contribution in [0.15, 0.2) is 30.3 Å². The van der Waals surface area contributed by atoms with E-state index in [0.29, 0.717) is 6.61 Å². The summed E-state index contributed by atoms with van der Waals surface area (Å²) in [5.74, 6) is 0.922. The van der Waals surface area contributed by atoms with E-state index in [4.69, 9.17) is 4.74 Å². The molecule has 1 N–H and O–H groups in total. The fraction of sp³-hybridized carbons (Fsp3) is 0.786. The van der Waals surface area contributed by atoms with Crippen molar-refractivity contribution in [1.29, 1.82) is 0 Å². The van der Waals surface area contributed by atoms with Crippen molar-refractivity contribution in [2.24, 2.45) is 5.92 Å². The molecule has 0 aliphatic heterocycles. The fourth-order valence-electron chi connectivity index (χ4n) is 4.41. The molecular formula is C28H50O2S. The van der Waals surface area contributed by atoms with Gasteiger partial charge in [-0.3, -0.25) is 0 Å². The van der Waals surface area contributed by atoms with Crippen LogP contribution in [0.4, 0.5) is 0 Å². The molecule has 0 fully saturated rings. The Balaban J connectivity index is 2.14. The molecule has 180 valence electrons. The zero-order chi connectivity index (χ0) is 22.6. The lowest BCUT2D eigenvalue weighted by molar-refractivity contribution is -0.0394. The predicted molar refractivity (Wildman–Crippen MR) is 139 cm³/mol. The fourth-order valence-corrected chi connectivity index (χ4v) is 4.67. The maximum absolute atomic E-state index is 10.6. The van der Waals surface area contributed by atoms with Crippen LogP contribution >= 0.6 is 12.6 Å². The van der Waals surface area contributed by atoms with Gasteiger partial charge in [0, 0.05) is 5.92 Å². The zero-order valence-electron chi connectivity index (χ0n) is 20.4. The first-order valence-electron chi connectivity index (χ1n) is 13.1. The Morgan fingerprint density at radius 2 is 1.29 bits per heavy atom. The highest BCUT2D eigenvalue weighted by Gasteiger charge is 2.25. The van der Waals surface area contributed by atoms with Gasteiger partial charge in [0.2, 0.25) is 0 Å². The molecule has 3 unspecified atom stereocenters. The molecule has 1 rings (SSSR count). The van der Waals surface area contributed by atoms with E-state index in [1.165, 1.54) is 89.0 Å². The van der Waals surface area contributed by atoms with Crippen molar-refractivity contribution >= 4 is 12.6 Å². The molecule has 0 saturated carbocycles. The lowest BCUT2D eigenvalue weighted by Gasteiger charge is -2.29. The first kappa shape index (κ1) is 28.5. The monoisotopic (exact) mass is 450 g/mol. The largest absolute Gasteiger partial charge is 0.393 e. The van der Waals surface area contributed by atoms with Gasteiger partial charge < -0.3 is 9.84 Å². The average molecular weight is 451 g/mol. The highest BCUT2D eigenvalue weighted by Crippen LogP contribution is 2.24. The van der Waals surface area contributed by atoms with Crippen LogP contribution in [0.25, 0.3) is 0 Å². The third-order valence-electron chi connectivity index (χ3n) is 6.52. The number of hydrogen-bond acceptors (Lipinski definition) is 3. The summed E-state index contributed by atoms with van der Waals surface area (Å²) in [5, 5.41) is 10.6. The quantitative estimate of drug-likeness (QED) is 0.145. The third-order valence-corrected chi connectivity index (χ3v) is 6.78. The standard InChI is InChI=1S/C28H50O2S/c1-3-4-5-6-7-8-9-10-11-12-13-14-18-21-27(28(29)22-23-31)25(2)30-24-26-19-16-15-17-20-26/h15-17,19-20,25,27-29,31H,3-14,18,21-24H2,1-2H3. The summed E-state index contributed by atoms with van der Waals surface area (Å²) in [7, 11) is 0. The molecular weight excluding hydrogens is 400 g/mol. The molecule has 0 radical (unpaired) electrons. The molecule has 3 heteroatoms. The van der Waals surface area contributed by atoms with Crippen molar-refractivity contribution in [1.82, 2.24) is 0 Å². The zero-order valence-corrected chi connectivity index (χ0v) is 21.3. The molecule has 0 aliphatic rings. The Kier molecular flexibility index (Phi) is 18.5. The molecule has 0 aromatic heterocycles. The predicted octanol–water partition coefficient (Wildman–Crippen LogP) is 8.37. The minimum atomic E-state index is -0.319. The number of ether oxygens (including phenoxy) is 1. The molecule has 0 amide bonds. The Labute approximate surface area is 199 Å². The van der Waals surface area contributed by atoms with Gasteiger partial charge in [0.25, 0.3) is 0 Å². The van der Waals surface area contributed by atoms with Gasteiger partial charge in [-0.2, -0.15) is 12.6 Å². The third kappa shape index (κ3) is 15.0. The number of aliphatic hydroxyl groups is 1. The van der Waals surface area contributed by atoms with Gasteiger partial charge in [-0.15, -0.1) is 0 Å². The van der Waals surface area contributed by atoms with Gasteiger partial charge in [0.1, 0.15) is 0 Å². The summed E-state index contributed by atoms with van der Waals surface area (Å²) < 4.78 is 6.14. The van der Waals surface area contributed by atoms with Crippen molar-refractivity contribution in [3.63, 3.8) is 0 Å². The van der Waals surface area contributed by atoms with E-state index in [1.54, 1.807) is 0 Å². The van der Waals surface area contributed by atoms with Crippen LogP contribution in [0.1, 0.15) is 116 Å². The van der Waals surface area contributed by atoms with Crippen LogP contribution in [0, 0.1) is 5.92 Å². The summed E-state index contributed by atoms with van der Waals surface area (Å²) in [5.41, 5.74) is 1.19. The maximum Gasteiger partial charge on any atom is 0.0720 e. The lowest BCUT2D eigenvalue weighted by atomic mass is 9.89. The smallest absolute Gasteiger partial charge is 0.0720 e. The van der Waals surface area contributed by atoms with Crippen molar-refractivity contribution in [3.8, 4) is 0 Å². The lowest BCUT2D eigenvalue weighted by Crippen LogP contribution is -2.32. The van der Waals surface area contributed by atoms with E-state index in [9.17, 15) is 5.11 Å². The van der Waals surface area contributed by atoms with Crippen LogP contribution in [0.3, 0.4) is 0 Å². The van der Waals surface area contributed by atoms with E-state index in [0.717, 1.165) is 18.6 Å². The highest BCUT2D eigenvalue weighted by molar-refractivity contribution is 7.80. The summed E-state index contributed by atoms with van der Waals surface area (Å²) in [4.78, 5) is 0. The Bertz CT molecular complexity index is 493. The maximum atomic E-state index is 10.6. The minimum absolute atomic E-state index is 0.0624. The number of rotatable bonds is 21. The van der Waals surface area contributed by atoms with Crippen molar-refractivity contribution < 1.29 is 9.84 Å². The summed E-state index contributed by atoms with van der Waals surface area (Å²) >= 11 is 4.32. The van der Waals surface area contributed by atoms with Crippen LogP contribution < -0.4 is 0 Å². The van der Waals surface area contributed by atoms with Crippen LogP contribution in [0.5, 0.6) is 0 Å². The van der Waals surface area contributed by atoms with Gasteiger partial charge in [0.15, 0.2) is 0 Å². The van der Waals surface area contributed by atoms with Gasteiger partial charge in [0.05, 0.1) is 18.8 Å². The first-order chi connectivity index (χ1) is 15.2. The summed E-state index contributed by atoms with van der Waals surface area (Å²) in [6, 6.07) is 10.3. The average Bonchev–Trinajstić information content (AvgIpc) is 2.78. The van der Waals surface area contributed by atoms with Gasteiger partial charge in [-0.05, 0) is 31.1 Å². The normalized spacial score (nSPS) is 14.5. The molecule has 2 nitrogen and oxygen atoms in total. The molecule has 31 heavy (non-hydrogen) atoms. The van der Waals surface area contributed by atoms with E-state index < -0.39 is 0 Å². The van der Waals surface area contributed by atoms with Crippen molar-refractivity contribution in [2.45, 2.75) is 129 Å². The van der Waals surface area contributed by atoms with Crippen LogP contribution in [0.2, 0.25) is 0 Å². The molecule has 3 atom stereocenters. The second-order valence-electron chi connectivity index (χ2n) is 9.28. The second kappa shape index (κ2) is 20.1. The number of hydrogen-bond donors (Lipinski definition) is 2. The molecule has 0 bridgehead atoms. The molecule has 0 spiro atoms. The SMILES string of the molecule is CCCCCCCCCCCCCCCC(C(O)CCS)C(C)OCc1ccccc1. The van der Waals surface area contributed by atoms with E-state index in [1.807, 2.05) is 18.2 Å². The van der Waals surface area contributed by atoms with Gasteiger partial charge >= 0.3 is 0 Å². The van der Waals surface area contributed by atoms with Crippen molar-refractivity contribution in [2.75, 3.05) is 5.75 Å². The molecule has 0 saturated heterocycles. The second-order valence-corrected chi connectivity index (χ2v) is 9.72. The Morgan fingerprint density at radius 1 is 0.774 bits per heavy atom. The van der Waals surface area contributed by atoms with Crippen molar-refractivity contribution in [3.05, 3.63) is 35.9 Å². The van der Waals surface area contributed by atoms with E-state index in [2.05, 4.69) is 38.6 Å². The van der Waals surface area contributed by atoms with Crippen LogP contribution in [-0.2, 0) is 11.3 Å². The number of benzene rings is 1. The molecule has 0 heterocycles. The topological polar surface area (TPSA) is 29.5 Å². The van der Waals surface area contributed by atoms with Gasteiger partial charge in [-0.1, -0.05) is 121 Å². The molecule has 1 aromatic carbocycles. The first-order valence-corrected chi connectivity index (χ1v) is 13.8. The van der Waals surface area contributed by atoms with Gasteiger partial charge in [-0.25, -0.2) is 0 Å². The Hall–Kier alpha value is -0.510. The van der Waals surface area contributed by atoms with E-state index in [-0.39, 0.29) is 18.1 Å². The highest BCUT2D eigenvalue weighted by atomic mass is 32.1. The molecule has 1 aromatic rings. The summed E-state index contributed by atoms with van der Waals surface area (Å²) in [6.45, 7) is 5.02.